The van der Waals surface area contributed by atoms with Crippen LogP contribution in [0, 0.1) is 11.6 Å². The molecule has 0 radical (unpaired) electrons. The van der Waals surface area contributed by atoms with E-state index < -0.39 is 21.5 Å². The fraction of sp³-hybridized carbons (Fsp3) is 0.0526. The topological polar surface area (TPSA) is 66.4 Å². The average molecular weight is 442 g/mol. The summed E-state index contributed by atoms with van der Waals surface area (Å²) in [4.78, 5) is -0.0120. The summed E-state index contributed by atoms with van der Waals surface area (Å²) < 4.78 is 54.5. The highest BCUT2D eigenvalue weighted by atomic mass is 35.5. The van der Waals surface area contributed by atoms with Crippen LogP contribution in [0.3, 0.4) is 0 Å². The Morgan fingerprint density at radius 3 is 2.36 bits per heavy atom. The summed E-state index contributed by atoms with van der Waals surface area (Å²) >= 11 is 6.64. The minimum absolute atomic E-state index is 0.0365. The van der Waals surface area contributed by atoms with E-state index in [0.29, 0.717) is 5.56 Å². The lowest BCUT2D eigenvalue weighted by Crippen LogP contribution is -1.99. The van der Waals surface area contributed by atoms with Crippen LogP contribution in [0.15, 0.2) is 64.4 Å². The normalized spacial score (nSPS) is 11.4. The predicted molar refractivity (Wildman–Crippen MR) is 108 cm³/mol. The van der Waals surface area contributed by atoms with Gasteiger partial charge in [0.2, 0.25) is 0 Å². The van der Waals surface area contributed by atoms with Crippen molar-refractivity contribution in [2.45, 2.75) is 9.79 Å². The molecule has 0 saturated heterocycles. The van der Waals surface area contributed by atoms with Crippen molar-refractivity contribution in [1.82, 2.24) is 0 Å². The van der Waals surface area contributed by atoms with E-state index in [1.54, 1.807) is 30.3 Å². The number of nitrogens with one attached hydrogen (secondary N) is 1. The van der Waals surface area contributed by atoms with Gasteiger partial charge in [-0.15, -0.1) is 0 Å². The maximum atomic E-state index is 14.2. The van der Waals surface area contributed by atoms with E-state index in [1.807, 2.05) is 0 Å². The third kappa shape index (κ3) is 4.40. The Labute approximate surface area is 170 Å². The van der Waals surface area contributed by atoms with E-state index >= 15 is 0 Å². The first-order chi connectivity index (χ1) is 13.2. The minimum Gasteiger partial charge on any atom is -0.505 e. The molecule has 0 atom stereocenters. The fourth-order valence-electron chi connectivity index (χ4n) is 2.42. The number of hydrogen-bond donors (Lipinski definition) is 2. The lowest BCUT2D eigenvalue weighted by Gasteiger charge is -2.12. The first-order valence-corrected chi connectivity index (χ1v) is 11.0. The molecule has 0 spiro atoms. The van der Waals surface area contributed by atoms with Gasteiger partial charge in [-0.1, -0.05) is 41.9 Å². The second-order valence-electron chi connectivity index (χ2n) is 5.91. The van der Waals surface area contributed by atoms with Crippen molar-refractivity contribution < 1.29 is 22.3 Å². The molecule has 28 heavy (non-hydrogen) atoms. The third-order valence-corrected chi connectivity index (χ3v) is 6.08. The third-order valence-electron chi connectivity index (χ3n) is 3.84. The van der Waals surface area contributed by atoms with Crippen LogP contribution in [0.25, 0.3) is 11.1 Å². The average Bonchev–Trinajstić information content (AvgIpc) is 2.64. The highest BCUT2D eigenvalue weighted by Crippen LogP contribution is 2.38. The van der Waals surface area contributed by atoms with Crippen molar-refractivity contribution in [3.05, 3.63) is 71.3 Å². The molecule has 2 N–H and O–H groups in total. The zero-order valence-corrected chi connectivity index (χ0v) is 16.8. The number of phenols is 1. The SMILES string of the molecule is CS(=O)(=O)c1cc(Cl)c(O)c(SNc2cc(-c3ccccc3)c(F)cc2F)c1. The number of halogens is 3. The first-order valence-electron chi connectivity index (χ1n) is 7.86. The summed E-state index contributed by atoms with van der Waals surface area (Å²) in [7, 11) is -3.56. The van der Waals surface area contributed by atoms with Gasteiger partial charge in [0.25, 0.3) is 0 Å². The lowest BCUT2D eigenvalue weighted by molar-refractivity contribution is 0.462. The number of rotatable bonds is 5. The highest BCUT2D eigenvalue weighted by molar-refractivity contribution is 8.00. The second-order valence-corrected chi connectivity index (χ2v) is 9.18. The fourth-order valence-corrected chi connectivity index (χ4v) is 4.27. The molecular weight excluding hydrogens is 428 g/mol. The van der Waals surface area contributed by atoms with Crippen LogP contribution in [0.2, 0.25) is 5.02 Å². The summed E-state index contributed by atoms with van der Waals surface area (Å²) in [5.74, 6) is -1.91. The van der Waals surface area contributed by atoms with Gasteiger partial charge in [0, 0.05) is 17.9 Å². The standard InChI is InChI=1S/C19H14ClF2NO3S2/c1-28(25,26)12-7-14(20)19(24)18(8-12)27-23-17-9-13(15(21)10-16(17)22)11-5-3-2-4-6-11/h2-10,23-24H,1H3. The quantitative estimate of drug-likeness (QED) is 0.511. The van der Waals surface area contributed by atoms with Crippen molar-refractivity contribution in [2.24, 2.45) is 0 Å². The molecule has 0 aromatic heterocycles. The molecule has 0 heterocycles. The Bertz CT molecular complexity index is 1140. The van der Waals surface area contributed by atoms with Gasteiger partial charge in [-0.2, -0.15) is 0 Å². The van der Waals surface area contributed by atoms with Gasteiger partial charge in [-0.05, 0) is 35.7 Å². The van der Waals surface area contributed by atoms with E-state index in [9.17, 15) is 22.3 Å². The van der Waals surface area contributed by atoms with Crippen LogP contribution in [-0.4, -0.2) is 19.8 Å². The Morgan fingerprint density at radius 2 is 1.71 bits per heavy atom. The van der Waals surface area contributed by atoms with Gasteiger partial charge in [0.05, 0.1) is 20.5 Å². The zero-order chi connectivity index (χ0) is 20.5. The van der Waals surface area contributed by atoms with Crippen LogP contribution in [-0.2, 0) is 9.84 Å². The van der Waals surface area contributed by atoms with Crippen LogP contribution in [0.5, 0.6) is 5.75 Å². The van der Waals surface area contributed by atoms with E-state index in [4.69, 9.17) is 11.6 Å². The van der Waals surface area contributed by atoms with Crippen molar-refractivity contribution in [2.75, 3.05) is 11.0 Å². The molecule has 0 amide bonds. The summed E-state index contributed by atoms with van der Waals surface area (Å²) in [5, 5.41) is 9.91. The molecule has 3 aromatic carbocycles. The summed E-state index contributed by atoms with van der Waals surface area (Å²) in [6.07, 6.45) is 1.00. The molecule has 146 valence electrons. The molecule has 4 nitrogen and oxygen atoms in total. The Hall–Kier alpha value is -2.29. The van der Waals surface area contributed by atoms with Gasteiger partial charge < -0.3 is 9.83 Å². The summed E-state index contributed by atoms with van der Waals surface area (Å²) in [6, 6.07) is 13.0. The van der Waals surface area contributed by atoms with Gasteiger partial charge in [-0.25, -0.2) is 17.2 Å². The van der Waals surface area contributed by atoms with E-state index in [1.165, 1.54) is 12.1 Å². The molecule has 0 aliphatic heterocycles. The monoisotopic (exact) mass is 441 g/mol. The molecule has 9 heteroatoms. The number of benzene rings is 3. The van der Waals surface area contributed by atoms with Crippen molar-refractivity contribution in [3.63, 3.8) is 0 Å². The number of aromatic hydroxyl groups is 1. The molecule has 0 bridgehead atoms. The van der Waals surface area contributed by atoms with Crippen LogP contribution < -0.4 is 4.72 Å². The van der Waals surface area contributed by atoms with Gasteiger partial charge in [-0.3, -0.25) is 0 Å². The lowest BCUT2D eigenvalue weighted by atomic mass is 10.0. The van der Waals surface area contributed by atoms with Gasteiger partial charge in [0.15, 0.2) is 9.84 Å². The summed E-state index contributed by atoms with van der Waals surface area (Å²) in [6.45, 7) is 0. The Balaban J connectivity index is 1.95. The molecule has 0 aliphatic carbocycles. The minimum atomic E-state index is -3.56. The molecule has 3 aromatic rings. The molecule has 0 fully saturated rings. The maximum absolute atomic E-state index is 14.2. The smallest absolute Gasteiger partial charge is 0.175 e. The number of sulfone groups is 1. The zero-order valence-electron chi connectivity index (χ0n) is 14.4. The Kier molecular flexibility index (Phi) is 5.83. The van der Waals surface area contributed by atoms with Crippen molar-refractivity contribution in [3.8, 4) is 16.9 Å². The Morgan fingerprint density at radius 1 is 1.04 bits per heavy atom. The number of anilines is 1. The van der Waals surface area contributed by atoms with Crippen LogP contribution in [0.1, 0.15) is 0 Å². The second kappa shape index (κ2) is 7.98. The van der Waals surface area contributed by atoms with Crippen molar-refractivity contribution >= 4 is 39.1 Å². The first kappa shape index (κ1) is 20.4. The molecular formula is C19H14ClF2NO3S2. The summed E-state index contributed by atoms with van der Waals surface area (Å²) in [5.41, 5.74) is 0.723. The van der Waals surface area contributed by atoms with E-state index in [-0.39, 0.29) is 31.8 Å². The van der Waals surface area contributed by atoms with E-state index in [0.717, 1.165) is 30.3 Å². The highest BCUT2D eigenvalue weighted by Gasteiger charge is 2.17. The molecule has 3 rings (SSSR count). The van der Waals surface area contributed by atoms with Crippen molar-refractivity contribution in [1.29, 1.82) is 0 Å². The van der Waals surface area contributed by atoms with E-state index in [2.05, 4.69) is 4.72 Å². The largest absolute Gasteiger partial charge is 0.505 e. The van der Waals surface area contributed by atoms with Crippen LogP contribution in [0.4, 0.5) is 14.5 Å². The van der Waals surface area contributed by atoms with Gasteiger partial charge in [0.1, 0.15) is 17.4 Å². The van der Waals surface area contributed by atoms with Crippen LogP contribution >= 0.6 is 23.5 Å². The molecule has 0 aliphatic rings. The number of phenolic OH excluding ortho intramolecular Hbond substituents is 1. The predicted octanol–water partition coefficient (Wildman–Crippen LogP) is 5.51. The molecule has 0 unspecified atom stereocenters. The maximum Gasteiger partial charge on any atom is 0.175 e. The van der Waals surface area contributed by atoms with Gasteiger partial charge >= 0.3 is 0 Å². The molecule has 0 saturated carbocycles. The number of hydrogen-bond acceptors (Lipinski definition) is 5.